The van der Waals surface area contributed by atoms with Crippen LogP contribution in [-0.2, 0) is 10.0 Å². The summed E-state index contributed by atoms with van der Waals surface area (Å²) in [5.41, 5.74) is 2.25. The Labute approximate surface area is 183 Å². The van der Waals surface area contributed by atoms with Crippen LogP contribution in [0.5, 0.6) is 5.75 Å². The van der Waals surface area contributed by atoms with Crippen molar-refractivity contribution in [3.05, 3.63) is 89.5 Å². The Morgan fingerprint density at radius 1 is 1.00 bits per heavy atom. The molecule has 3 aromatic rings. The highest BCUT2D eigenvalue weighted by Gasteiger charge is 2.21. The average molecular weight is 439 g/mol. The van der Waals surface area contributed by atoms with Gasteiger partial charge in [0.15, 0.2) is 0 Å². The number of anilines is 1. The molecule has 0 aliphatic rings. The number of hydrogen-bond donors (Lipinski definition) is 2. The van der Waals surface area contributed by atoms with Gasteiger partial charge in [0.2, 0.25) is 0 Å². The molecular weight excluding hydrogens is 412 g/mol. The topological polar surface area (TPSA) is 84.5 Å². The molecule has 0 spiro atoms. The lowest BCUT2D eigenvalue weighted by Crippen LogP contribution is -2.28. The van der Waals surface area contributed by atoms with Crippen LogP contribution in [0, 0.1) is 6.92 Å². The van der Waals surface area contributed by atoms with Crippen molar-refractivity contribution < 1.29 is 17.9 Å². The van der Waals surface area contributed by atoms with Crippen molar-refractivity contribution in [1.82, 2.24) is 5.32 Å². The van der Waals surface area contributed by atoms with E-state index < -0.39 is 10.0 Å². The third-order valence-corrected chi connectivity index (χ3v) is 6.52. The Kier molecular flexibility index (Phi) is 6.97. The first-order valence-electron chi connectivity index (χ1n) is 9.97. The van der Waals surface area contributed by atoms with Crippen molar-refractivity contribution in [3.63, 3.8) is 0 Å². The molecule has 162 valence electrons. The number of rotatable bonds is 8. The first kappa shape index (κ1) is 22.4. The van der Waals surface area contributed by atoms with E-state index in [0.717, 1.165) is 11.3 Å². The molecular formula is C24H26N2O4S. The smallest absolute Gasteiger partial charge is 0.262 e. The van der Waals surface area contributed by atoms with Gasteiger partial charge in [-0.2, -0.15) is 0 Å². The maximum Gasteiger partial charge on any atom is 0.262 e. The van der Waals surface area contributed by atoms with Gasteiger partial charge in [-0.15, -0.1) is 0 Å². The molecule has 1 amide bonds. The summed E-state index contributed by atoms with van der Waals surface area (Å²) in [6.07, 6.45) is 0.685. The van der Waals surface area contributed by atoms with Crippen molar-refractivity contribution >= 4 is 21.6 Å². The Morgan fingerprint density at radius 3 is 2.29 bits per heavy atom. The zero-order valence-corrected chi connectivity index (χ0v) is 18.6. The second kappa shape index (κ2) is 9.66. The summed E-state index contributed by atoms with van der Waals surface area (Å²) in [6, 6.07) is 20.6. The Morgan fingerprint density at radius 2 is 1.68 bits per heavy atom. The average Bonchev–Trinajstić information content (AvgIpc) is 2.78. The highest BCUT2D eigenvalue weighted by atomic mass is 32.2. The molecule has 0 radical (unpaired) electrons. The lowest BCUT2D eigenvalue weighted by atomic mass is 10.0. The van der Waals surface area contributed by atoms with Crippen molar-refractivity contribution in [2.45, 2.75) is 31.2 Å². The van der Waals surface area contributed by atoms with Crippen LogP contribution < -0.4 is 14.8 Å². The number of hydrogen-bond acceptors (Lipinski definition) is 4. The molecule has 0 heterocycles. The molecule has 0 fully saturated rings. The van der Waals surface area contributed by atoms with Crippen LogP contribution in [0.1, 0.15) is 40.9 Å². The number of para-hydroxylation sites is 1. The number of nitrogens with one attached hydrogen (secondary N) is 2. The maximum atomic E-state index is 12.9. The molecule has 7 heteroatoms. The number of aryl methyl sites for hydroxylation is 1. The molecule has 0 aliphatic heterocycles. The molecule has 0 aromatic heterocycles. The normalized spacial score (nSPS) is 12.1. The van der Waals surface area contributed by atoms with Crippen LogP contribution in [-0.4, -0.2) is 21.4 Å². The quantitative estimate of drug-likeness (QED) is 0.535. The molecule has 0 saturated carbocycles. The van der Waals surface area contributed by atoms with Crippen LogP contribution in [0.4, 0.5) is 5.69 Å². The fourth-order valence-electron chi connectivity index (χ4n) is 3.25. The minimum absolute atomic E-state index is 0.0708. The van der Waals surface area contributed by atoms with Gasteiger partial charge in [0.05, 0.1) is 18.0 Å². The SMILES string of the molecule is CC[C@@H](NC(=O)c1ccc(C)c(S(=O)(=O)Nc2ccccc2)c1)c1ccc(OC)cc1. The van der Waals surface area contributed by atoms with Crippen molar-refractivity contribution in [1.29, 1.82) is 0 Å². The zero-order valence-electron chi connectivity index (χ0n) is 17.8. The van der Waals surface area contributed by atoms with Gasteiger partial charge in [-0.1, -0.05) is 43.3 Å². The number of sulfonamides is 1. The molecule has 0 aliphatic carbocycles. The Bertz CT molecular complexity index is 1140. The fraction of sp³-hybridized carbons (Fsp3) is 0.208. The predicted octanol–water partition coefficient (Wildman–Crippen LogP) is 4.69. The minimum Gasteiger partial charge on any atom is -0.497 e. The molecule has 31 heavy (non-hydrogen) atoms. The highest BCUT2D eigenvalue weighted by Crippen LogP contribution is 2.23. The van der Waals surface area contributed by atoms with E-state index in [9.17, 15) is 13.2 Å². The van der Waals surface area contributed by atoms with Crippen LogP contribution in [0.25, 0.3) is 0 Å². The zero-order chi connectivity index (χ0) is 22.4. The number of methoxy groups -OCH3 is 1. The summed E-state index contributed by atoms with van der Waals surface area (Å²) in [4.78, 5) is 13.0. The summed E-state index contributed by atoms with van der Waals surface area (Å²) in [7, 11) is -2.24. The second-order valence-electron chi connectivity index (χ2n) is 7.16. The van der Waals surface area contributed by atoms with E-state index in [2.05, 4.69) is 10.0 Å². The lowest BCUT2D eigenvalue weighted by Gasteiger charge is -2.18. The fourth-order valence-corrected chi connectivity index (χ4v) is 4.58. The van der Waals surface area contributed by atoms with Gasteiger partial charge in [0.25, 0.3) is 15.9 Å². The Balaban J connectivity index is 1.83. The predicted molar refractivity (Wildman–Crippen MR) is 122 cm³/mol. The molecule has 3 rings (SSSR count). The van der Waals surface area contributed by atoms with Gasteiger partial charge >= 0.3 is 0 Å². The number of benzene rings is 3. The molecule has 0 unspecified atom stereocenters. The van der Waals surface area contributed by atoms with Crippen LogP contribution in [0.2, 0.25) is 0 Å². The van der Waals surface area contributed by atoms with E-state index in [1.165, 1.54) is 6.07 Å². The summed E-state index contributed by atoms with van der Waals surface area (Å²) < 4.78 is 33.5. The third-order valence-electron chi connectivity index (χ3n) is 5.00. The summed E-state index contributed by atoms with van der Waals surface area (Å²) in [5.74, 6) is 0.406. The molecule has 1 atom stereocenters. The van der Waals surface area contributed by atoms with E-state index in [0.29, 0.717) is 17.7 Å². The number of amides is 1. The van der Waals surface area contributed by atoms with Crippen molar-refractivity contribution in [2.24, 2.45) is 0 Å². The Hall–Kier alpha value is -3.32. The van der Waals surface area contributed by atoms with Crippen LogP contribution >= 0.6 is 0 Å². The first-order valence-corrected chi connectivity index (χ1v) is 11.5. The largest absolute Gasteiger partial charge is 0.497 e. The molecule has 0 saturated heterocycles. The summed E-state index contributed by atoms with van der Waals surface area (Å²) in [6.45, 7) is 3.68. The summed E-state index contributed by atoms with van der Waals surface area (Å²) in [5, 5.41) is 2.99. The van der Waals surface area contributed by atoms with Crippen molar-refractivity contribution in [2.75, 3.05) is 11.8 Å². The van der Waals surface area contributed by atoms with Gasteiger partial charge in [-0.3, -0.25) is 9.52 Å². The number of carbonyl (C=O) groups is 1. The van der Waals surface area contributed by atoms with E-state index >= 15 is 0 Å². The molecule has 2 N–H and O–H groups in total. The van der Waals surface area contributed by atoms with Gasteiger partial charge in [0, 0.05) is 11.3 Å². The van der Waals surface area contributed by atoms with E-state index in [-0.39, 0.29) is 22.4 Å². The van der Waals surface area contributed by atoms with Gasteiger partial charge in [-0.25, -0.2) is 8.42 Å². The third kappa shape index (κ3) is 5.44. The number of ether oxygens (including phenoxy) is 1. The van der Waals surface area contributed by atoms with Crippen LogP contribution in [0.15, 0.2) is 77.7 Å². The van der Waals surface area contributed by atoms with E-state index in [4.69, 9.17) is 4.74 Å². The first-order chi connectivity index (χ1) is 14.8. The lowest BCUT2D eigenvalue weighted by molar-refractivity contribution is 0.0935. The van der Waals surface area contributed by atoms with E-state index in [1.54, 1.807) is 56.5 Å². The standard InChI is InChI=1S/C24H26N2O4S/c1-4-22(18-12-14-21(30-3)15-13-18)25-24(27)19-11-10-17(2)23(16-19)31(28,29)26-20-8-6-5-7-9-20/h5-16,22,26H,4H2,1-3H3,(H,25,27)/t22-/m1/s1. The molecule has 6 nitrogen and oxygen atoms in total. The monoisotopic (exact) mass is 438 g/mol. The maximum absolute atomic E-state index is 12.9. The minimum atomic E-state index is -3.84. The highest BCUT2D eigenvalue weighted by molar-refractivity contribution is 7.92. The van der Waals surface area contributed by atoms with Crippen molar-refractivity contribution in [3.8, 4) is 5.75 Å². The molecule has 3 aromatic carbocycles. The number of carbonyl (C=O) groups excluding carboxylic acids is 1. The van der Waals surface area contributed by atoms with Gasteiger partial charge < -0.3 is 10.1 Å². The molecule has 0 bridgehead atoms. The summed E-state index contributed by atoms with van der Waals surface area (Å²) >= 11 is 0. The second-order valence-corrected chi connectivity index (χ2v) is 8.81. The van der Waals surface area contributed by atoms with Gasteiger partial charge in [0.1, 0.15) is 5.75 Å². The van der Waals surface area contributed by atoms with E-state index in [1.807, 2.05) is 31.2 Å². The van der Waals surface area contributed by atoms with Crippen LogP contribution in [0.3, 0.4) is 0 Å². The van der Waals surface area contributed by atoms with Gasteiger partial charge in [-0.05, 0) is 60.9 Å².